The fraction of sp³-hybridized carbons (Fsp3) is 0.182. The highest BCUT2D eigenvalue weighted by atomic mass is 16.1. The van der Waals surface area contributed by atoms with E-state index in [1.54, 1.807) is 12.2 Å². The van der Waals surface area contributed by atoms with Crippen molar-refractivity contribution in [1.29, 1.82) is 5.26 Å². The summed E-state index contributed by atoms with van der Waals surface area (Å²) in [7, 11) is 0. The van der Waals surface area contributed by atoms with Gasteiger partial charge in [0.05, 0.1) is 0 Å². The number of rotatable bonds is 6. The minimum absolute atomic E-state index is 0.0835. The summed E-state index contributed by atoms with van der Waals surface area (Å²) in [4.78, 5) is 12.5. The van der Waals surface area contributed by atoms with Crippen LogP contribution in [0.1, 0.15) is 30.5 Å². The molecule has 0 aromatic heterocycles. The molecule has 0 aliphatic carbocycles. The minimum atomic E-state index is -0.379. The van der Waals surface area contributed by atoms with Gasteiger partial charge in [0.2, 0.25) is 0 Å². The SMILES string of the molecule is CCc1cccc(CC)c1NC(=O)/C(C#N)=C/C=C/c1ccccc1. The van der Waals surface area contributed by atoms with Gasteiger partial charge in [-0.1, -0.05) is 74.5 Å². The molecule has 126 valence electrons. The Balaban J connectivity index is 2.20. The first kappa shape index (κ1) is 18.2. The van der Waals surface area contributed by atoms with E-state index in [4.69, 9.17) is 0 Å². The summed E-state index contributed by atoms with van der Waals surface area (Å²) in [6, 6.07) is 17.7. The summed E-state index contributed by atoms with van der Waals surface area (Å²) >= 11 is 0. The van der Waals surface area contributed by atoms with Crippen molar-refractivity contribution in [1.82, 2.24) is 0 Å². The Hall–Kier alpha value is -3.12. The minimum Gasteiger partial charge on any atom is -0.321 e. The first-order valence-corrected chi connectivity index (χ1v) is 8.45. The number of nitriles is 1. The van der Waals surface area contributed by atoms with Crippen LogP contribution in [-0.4, -0.2) is 5.91 Å². The van der Waals surface area contributed by atoms with Crippen LogP contribution in [0.4, 0.5) is 5.69 Å². The maximum atomic E-state index is 12.5. The number of hydrogen-bond donors (Lipinski definition) is 1. The van der Waals surface area contributed by atoms with E-state index in [1.807, 2.05) is 74.5 Å². The molecule has 2 aromatic carbocycles. The lowest BCUT2D eigenvalue weighted by Crippen LogP contribution is -2.16. The van der Waals surface area contributed by atoms with E-state index in [9.17, 15) is 10.1 Å². The molecule has 0 aliphatic heterocycles. The van der Waals surface area contributed by atoms with E-state index in [0.717, 1.165) is 35.2 Å². The summed E-state index contributed by atoms with van der Waals surface area (Å²) in [5.74, 6) is -0.379. The topological polar surface area (TPSA) is 52.9 Å². The van der Waals surface area contributed by atoms with Gasteiger partial charge in [-0.25, -0.2) is 0 Å². The molecule has 0 bridgehead atoms. The van der Waals surface area contributed by atoms with Crippen LogP contribution in [-0.2, 0) is 17.6 Å². The Morgan fingerprint density at radius 3 is 2.24 bits per heavy atom. The third kappa shape index (κ3) is 4.92. The van der Waals surface area contributed by atoms with Gasteiger partial charge in [0.15, 0.2) is 0 Å². The number of hydrogen-bond acceptors (Lipinski definition) is 2. The predicted molar refractivity (Wildman–Crippen MR) is 103 cm³/mol. The summed E-state index contributed by atoms with van der Waals surface area (Å²) < 4.78 is 0. The quantitative estimate of drug-likeness (QED) is 0.464. The standard InChI is InChI=1S/C22H22N2O/c1-3-18-13-9-14-19(4-2)21(18)24-22(25)20(16-23)15-8-12-17-10-6-5-7-11-17/h5-15H,3-4H2,1-2H3,(H,24,25)/b12-8+,20-15+. The number of amides is 1. The monoisotopic (exact) mass is 330 g/mol. The number of para-hydroxylation sites is 1. The van der Waals surface area contributed by atoms with Crippen molar-refractivity contribution in [2.24, 2.45) is 0 Å². The number of allylic oxidation sites excluding steroid dienone is 2. The summed E-state index contributed by atoms with van der Waals surface area (Å²) in [6.07, 6.45) is 6.77. The number of anilines is 1. The van der Waals surface area contributed by atoms with Crippen molar-refractivity contribution in [2.75, 3.05) is 5.32 Å². The molecule has 3 heteroatoms. The van der Waals surface area contributed by atoms with Crippen molar-refractivity contribution >= 4 is 17.7 Å². The highest BCUT2D eigenvalue weighted by molar-refractivity contribution is 6.07. The molecule has 0 heterocycles. The normalized spacial score (nSPS) is 11.3. The second-order valence-corrected chi connectivity index (χ2v) is 5.57. The van der Waals surface area contributed by atoms with Gasteiger partial charge in [0.25, 0.3) is 5.91 Å². The number of carbonyl (C=O) groups excluding carboxylic acids is 1. The molecule has 25 heavy (non-hydrogen) atoms. The van der Waals surface area contributed by atoms with Crippen molar-refractivity contribution in [3.8, 4) is 6.07 Å². The molecule has 0 saturated carbocycles. The number of nitrogens with one attached hydrogen (secondary N) is 1. The Bertz CT molecular complexity index is 805. The zero-order valence-corrected chi connectivity index (χ0v) is 14.6. The van der Waals surface area contributed by atoms with Crippen LogP contribution in [0.15, 0.2) is 66.3 Å². The summed E-state index contributed by atoms with van der Waals surface area (Å²) in [5, 5.41) is 12.2. The van der Waals surface area contributed by atoms with E-state index in [2.05, 4.69) is 5.32 Å². The van der Waals surface area contributed by atoms with E-state index < -0.39 is 0 Å². The highest BCUT2D eigenvalue weighted by Crippen LogP contribution is 2.23. The van der Waals surface area contributed by atoms with Crippen LogP contribution in [0.25, 0.3) is 6.08 Å². The van der Waals surface area contributed by atoms with Crippen molar-refractivity contribution in [2.45, 2.75) is 26.7 Å². The second-order valence-electron chi connectivity index (χ2n) is 5.57. The van der Waals surface area contributed by atoms with Crippen LogP contribution < -0.4 is 5.32 Å². The number of benzene rings is 2. The lowest BCUT2D eigenvalue weighted by molar-refractivity contribution is -0.112. The van der Waals surface area contributed by atoms with Crippen LogP contribution in [0.2, 0.25) is 0 Å². The molecule has 1 amide bonds. The first-order chi connectivity index (χ1) is 12.2. The Labute approximate surface area is 149 Å². The number of nitrogens with zero attached hydrogens (tertiary/aromatic N) is 1. The molecule has 2 rings (SSSR count). The molecule has 0 aliphatic rings. The third-order valence-corrected chi connectivity index (χ3v) is 3.95. The zero-order chi connectivity index (χ0) is 18.1. The van der Waals surface area contributed by atoms with Gasteiger partial charge in [-0.2, -0.15) is 5.26 Å². The van der Waals surface area contributed by atoms with Gasteiger partial charge in [-0.3, -0.25) is 4.79 Å². The van der Waals surface area contributed by atoms with Gasteiger partial charge < -0.3 is 5.32 Å². The van der Waals surface area contributed by atoms with Gasteiger partial charge in [-0.15, -0.1) is 0 Å². The van der Waals surface area contributed by atoms with E-state index in [0.29, 0.717) is 0 Å². The number of aryl methyl sites for hydroxylation is 2. The molecule has 0 fully saturated rings. The van der Waals surface area contributed by atoms with Gasteiger partial charge >= 0.3 is 0 Å². The molecule has 0 saturated heterocycles. The van der Waals surface area contributed by atoms with Gasteiger partial charge in [-0.05, 0) is 35.6 Å². The lowest BCUT2D eigenvalue weighted by Gasteiger charge is -2.13. The highest BCUT2D eigenvalue weighted by Gasteiger charge is 2.13. The molecular weight excluding hydrogens is 308 g/mol. The zero-order valence-electron chi connectivity index (χ0n) is 14.6. The maximum absolute atomic E-state index is 12.5. The maximum Gasteiger partial charge on any atom is 0.266 e. The van der Waals surface area contributed by atoms with Crippen LogP contribution in [0.5, 0.6) is 0 Å². The summed E-state index contributed by atoms with van der Waals surface area (Å²) in [6.45, 7) is 4.10. The smallest absolute Gasteiger partial charge is 0.266 e. The molecule has 0 spiro atoms. The molecular formula is C22H22N2O. The lowest BCUT2D eigenvalue weighted by atomic mass is 10.0. The van der Waals surface area contributed by atoms with Crippen LogP contribution in [0, 0.1) is 11.3 Å². The molecule has 2 aromatic rings. The summed E-state index contributed by atoms with van der Waals surface area (Å²) in [5.41, 5.74) is 4.07. The largest absolute Gasteiger partial charge is 0.321 e. The average molecular weight is 330 g/mol. The number of carbonyl (C=O) groups is 1. The van der Waals surface area contributed by atoms with Crippen molar-refractivity contribution in [3.63, 3.8) is 0 Å². The fourth-order valence-electron chi connectivity index (χ4n) is 2.57. The third-order valence-electron chi connectivity index (χ3n) is 3.95. The van der Waals surface area contributed by atoms with Gasteiger partial charge in [0.1, 0.15) is 11.6 Å². The Morgan fingerprint density at radius 1 is 1.04 bits per heavy atom. The first-order valence-electron chi connectivity index (χ1n) is 8.45. The van der Waals surface area contributed by atoms with Crippen molar-refractivity contribution < 1.29 is 4.79 Å². The average Bonchev–Trinajstić information content (AvgIpc) is 2.66. The predicted octanol–water partition coefficient (Wildman–Crippen LogP) is 4.91. The molecule has 0 unspecified atom stereocenters. The van der Waals surface area contributed by atoms with E-state index in [1.165, 1.54) is 0 Å². The molecule has 3 nitrogen and oxygen atoms in total. The second kappa shape index (κ2) is 9.24. The molecule has 1 N–H and O–H groups in total. The van der Waals surface area contributed by atoms with Crippen LogP contribution in [0.3, 0.4) is 0 Å². The van der Waals surface area contributed by atoms with E-state index in [-0.39, 0.29) is 11.5 Å². The van der Waals surface area contributed by atoms with E-state index >= 15 is 0 Å². The van der Waals surface area contributed by atoms with Crippen molar-refractivity contribution in [3.05, 3.63) is 82.9 Å². The van der Waals surface area contributed by atoms with Gasteiger partial charge in [0, 0.05) is 5.69 Å². The van der Waals surface area contributed by atoms with Crippen LogP contribution >= 0.6 is 0 Å². The molecule has 0 atom stereocenters. The fourth-order valence-corrected chi connectivity index (χ4v) is 2.57. The Kier molecular flexibility index (Phi) is 6.74. The molecule has 0 radical (unpaired) electrons. The Morgan fingerprint density at radius 2 is 1.68 bits per heavy atom.